The average Bonchev–Trinajstić information content (AvgIpc) is 2.76. The molecule has 2 N–H and O–H groups in total. The molecule has 0 amide bonds. The van der Waals surface area contributed by atoms with Crippen LogP contribution in [0.3, 0.4) is 0 Å². The second-order valence-electron chi connectivity index (χ2n) is 10.8. The molecule has 3 aromatic carbocycles. The highest BCUT2D eigenvalue weighted by Crippen LogP contribution is 2.31. The van der Waals surface area contributed by atoms with Gasteiger partial charge in [-0.3, -0.25) is 0 Å². The van der Waals surface area contributed by atoms with Crippen molar-refractivity contribution in [3.05, 3.63) is 94.5 Å². The van der Waals surface area contributed by atoms with E-state index in [0.717, 1.165) is 34.6 Å². The van der Waals surface area contributed by atoms with Gasteiger partial charge in [0.05, 0.1) is 0 Å². The Hall–Kier alpha value is -2.78. The first-order chi connectivity index (χ1) is 15.6. The van der Waals surface area contributed by atoms with Crippen LogP contribution in [0.15, 0.2) is 66.7 Å². The summed E-state index contributed by atoms with van der Waals surface area (Å²) in [4.78, 5) is 0. The van der Waals surface area contributed by atoms with Gasteiger partial charge in [0.25, 0.3) is 0 Å². The molecule has 0 fully saturated rings. The van der Waals surface area contributed by atoms with Crippen LogP contribution >= 0.6 is 0 Å². The Kier molecular flexibility index (Phi) is 7.86. The molecule has 3 heteroatoms. The van der Waals surface area contributed by atoms with Gasteiger partial charge in [-0.2, -0.15) is 0 Å². The van der Waals surface area contributed by atoms with Crippen LogP contribution in [0, 0.1) is 0 Å². The van der Waals surface area contributed by atoms with E-state index in [0.29, 0.717) is 19.8 Å². The fraction of sp³-hybridized carbons (Fsp3) is 0.400. The van der Waals surface area contributed by atoms with Gasteiger partial charge in [0.1, 0.15) is 13.2 Å². The predicted molar refractivity (Wildman–Crippen MR) is 138 cm³/mol. The Balaban J connectivity index is 1.71. The van der Waals surface area contributed by atoms with Gasteiger partial charge in [0, 0.05) is 0 Å². The van der Waals surface area contributed by atoms with Crippen molar-refractivity contribution in [3.8, 4) is 11.5 Å². The lowest BCUT2D eigenvalue weighted by Gasteiger charge is -2.20. The summed E-state index contributed by atoms with van der Waals surface area (Å²) in [6, 6.07) is 23.4. The maximum absolute atomic E-state index is 6.22. The maximum atomic E-state index is 6.22. The number of ether oxygens (including phenoxy) is 2. The highest BCUT2D eigenvalue weighted by Gasteiger charge is 2.14. The molecule has 0 aliphatic carbocycles. The zero-order valence-electron chi connectivity index (χ0n) is 21.1. The van der Waals surface area contributed by atoms with Crippen LogP contribution in [0.4, 0.5) is 0 Å². The molecule has 0 saturated carbocycles. The summed E-state index contributed by atoms with van der Waals surface area (Å²) in [5.41, 5.74) is 12.1. The molecule has 3 rings (SSSR count). The Morgan fingerprint density at radius 1 is 0.576 bits per heavy atom. The van der Waals surface area contributed by atoms with Crippen LogP contribution in [-0.2, 0) is 30.5 Å². The van der Waals surface area contributed by atoms with E-state index in [1.807, 2.05) is 6.07 Å². The van der Waals surface area contributed by atoms with Gasteiger partial charge in [-0.1, -0.05) is 96.1 Å². The Morgan fingerprint density at radius 3 is 1.42 bits per heavy atom. The number of rotatable bonds is 8. The summed E-state index contributed by atoms with van der Waals surface area (Å²) in [5, 5.41) is 0. The minimum Gasteiger partial charge on any atom is -0.485 e. The lowest BCUT2D eigenvalue weighted by molar-refractivity contribution is 0.255. The standard InChI is InChI=1S/C30H39NO2/c1-29(2,3)25-12-7-23(8-13-25)20-32-27-16-11-22(17-18-31)19-28(27)33-21-24-9-14-26(15-10-24)30(4,5)6/h7-16,19H,17-18,20-21,31H2,1-6H3. The molecule has 0 aliphatic rings. The van der Waals surface area contributed by atoms with Gasteiger partial charge >= 0.3 is 0 Å². The van der Waals surface area contributed by atoms with Crippen molar-refractivity contribution < 1.29 is 9.47 Å². The summed E-state index contributed by atoms with van der Waals surface area (Å²) >= 11 is 0. The number of benzene rings is 3. The first kappa shape index (κ1) is 24.9. The number of hydrogen-bond acceptors (Lipinski definition) is 3. The van der Waals surface area contributed by atoms with Crippen LogP contribution in [0.1, 0.15) is 69.4 Å². The van der Waals surface area contributed by atoms with Gasteiger partial charge in [-0.05, 0) is 63.7 Å². The van der Waals surface area contributed by atoms with Crippen LogP contribution in [-0.4, -0.2) is 6.54 Å². The summed E-state index contributed by atoms with van der Waals surface area (Å²) in [5.74, 6) is 1.51. The van der Waals surface area contributed by atoms with E-state index < -0.39 is 0 Å². The first-order valence-corrected chi connectivity index (χ1v) is 11.8. The van der Waals surface area contributed by atoms with E-state index in [2.05, 4.69) is 102 Å². The topological polar surface area (TPSA) is 44.5 Å². The maximum Gasteiger partial charge on any atom is 0.161 e. The Labute approximate surface area is 199 Å². The second-order valence-corrected chi connectivity index (χ2v) is 10.8. The molecule has 33 heavy (non-hydrogen) atoms. The summed E-state index contributed by atoms with van der Waals surface area (Å²) < 4.78 is 12.4. The second kappa shape index (κ2) is 10.4. The molecule has 3 nitrogen and oxygen atoms in total. The molecule has 176 valence electrons. The molecular weight excluding hydrogens is 406 g/mol. The molecular formula is C30H39NO2. The third-order valence-corrected chi connectivity index (χ3v) is 5.87. The lowest BCUT2D eigenvalue weighted by Crippen LogP contribution is -2.11. The van der Waals surface area contributed by atoms with Crippen molar-refractivity contribution >= 4 is 0 Å². The van der Waals surface area contributed by atoms with Gasteiger partial charge in [-0.25, -0.2) is 0 Å². The van der Waals surface area contributed by atoms with Crippen molar-refractivity contribution in [2.45, 2.75) is 72.0 Å². The molecule has 0 spiro atoms. The minimum atomic E-state index is 0.141. The SMILES string of the molecule is CC(C)(C)c1ccc(COc2ccc(CCN)cc2OCc2ccc(C(C)(C)C)cc2)cc1. The van der Waals surface area contributed by atoms with Crippen molar-refractivity contribution in [2.24, 2.45) is 5.73 Å². The van der Waals surface area contributed by atoms with E-state index in [-0.39, 0.29) is 10.8 Å². The normalized spacial score (nSPS) is 12.0. The molecule has 0 aliphatic heterocycles. The molecule has 0 unspecified atom stereocenters. The smallest absolute Gasteiger partial charge is 0.161 e. The van der Waals surface area contributed by atoms with Crippen molar-refractivity contribution in [3.63, 3.8) is 0 Å². The average molecular weight is 446 g/mol. The van der Waals surface area contributed by atoms with Gasteiger partial charge in [-0.15, -0.1) is 0 Å². The molecule has 0 atom stereocenters. The highest BCUT2D eigenvalue weighted by atomic mass is 16.5. The van der Waals surface area contributed by atoms with Crippen LogP contribution in [0.5, 0.6) is 11.5 Å². The Bertz CT molecular complexity index is 1020. The lowest BCUT2D eigenvalue weighted by atomic mass is 9.87. The van der Waals surface area contributed by atoms with E-state index in [1.165, 1.54) is 11.1 Å². The van der Waals surface area contributed by atoms with Crippen molar-refractivity contribution in [1.29, 1.82) is 0 Å². The van der Waals surface area contributed by atoms with Crippen molar-refractivity contribution in [2.75, 3.05) is 6.54 Å². The molecule has 0 heterocycles. The zero-order chi connectivity index (χ0) is 24.1. The first-order valence-electron chi connectivity index (χ1n) is 11.8. The fourth-order valence-corrected chi connectivity index (χ4v) is 3.63. The van der Waals surface area contributed by atoms with Gasteiger partial charge in [0.2, 0.25) is 0 Å². The molecule has 3 aromatic rings. The van der Waals surface area contributed by atoms with Crippen LogP contribution in [0.25, 0.3) is 0 Å². The number of nitrogens with two attached hydrogens (primary N) is 1. The monoisotopic (exact) mass is 445 g/mol. The van der Waals surface area contributed by atoms with E-state index >= 15 is 0 Å². The highest BCUT2D eigenvalue weighted by molar-refractivity contribution is 5.43. The van der Waals surface area contributed by atoms with Crippen molar-refractivity contribution in [1.82, 2.24) is 0 Å². The minimum absolute atomic E-state index is 0.141. The summed E-state index contributed by atoms with van der Waals surface area (Å²) in [6.07, 6.45) is 0.811. The van der Waals surface area contributed by atoms with E-state index in [4.69, 9.17) is 15.2 Å². The summed E-state index contributed by atoms with van der Waals surface area (Å²) in [7, 11) is 0. The van der Waals surface area contributed by atoms with E-state index in [9.17, 15) is 0 Å². The molecule has 0 bridgehead atoms. The number of hydrogen-bond donors (Lipinski definition) is 1. The molecule has 0 aromatic heterocycles. The zero-order valence-corrected chi connectivity index (χ0v) is 21.1. The summed E-state index contributed by atoms with van der Waals surface area (Å²) in [6.45, 7) is 14.9. The predicted octanol–water partition coefficient (Wildman–Crippen LogP) is 6.94. The fourth-order valence-electron chi connectivity index (χ4n) is 3.63. The third kappa shape index (κ3) is 7.10. The van der Waals surface area contributed by atoms with Gasteiger partial charge < -0.3 is 15.2 Å². The van der Waals surface area contributed by atoms with Crippen LogP contribution < -0.4 is 15.2 Å². The molecule has 0 saturated heterocycles. The van der Waals surface area contributed by atoms with E-state index in [1.54, 1.807) is 0 Å². The van der Waals surface area contributed by atoms with Gasteiger partial charge in [0.15, 0.2) is 11.5 Å². The van der Waals surface area contributed by atoms with Crippen LogP contribution in [0.2, 0.25) is 0 Å². The quantitative estimate of drug-likeness (QED) is 0.408. The Morgan fingerprint density at radius 2 is 1.00 bits per heavy atom. The third-order valence-electron chi connectivity index (χ3n) is 5.87. The molecule has 0 radical (unpaired) electrons. The largest absolute Gasteiger partial charge is 0.485 e.